The lowest BCUT2D eigenvalue weighted by atomic mass is 10.3. The van der Waals surface area contributed by atoms with Crippen LogP contribution in [0.3, 0.4) is 0 Å². The molecule has 0 radical (unpaired) electrons. The summed E-state index contributed by atoms with van der Waals surface area (Å²) in [5, 5.41) is 8.30. The molecule has 0 aliphatic heterocycles. The summed E-state index contributed by atoms with van der Waals surface area (Å²) < 4.78 is 1.54. The van der Waals surface area contributed by atoms with E-state index in [4.69, 9.17) is 17.4 Å². The fourth-order valence-electron chi connectivity index (χ4n) is 1.43. The van der Waals surface area contributed by atoms with Crippen LogP contribution >= 0.6 is 11.6 Å². The molecule has 1 aromatic heterocycles. The first-order valence-electron chi connectivity index (χ1n) is 4.82. The van der Waals surface area contributed by atoms with Gasteiger partial charge in [-0.3, -0.25) is 10.2 Å². The second-order valence-corrected chi connectivity index (χ2v) is 3.82. The first-order valence-corrected chi connectivity index (χ1v) is 5.20. The van der Waals surface area contributed by atoms with E-state index >= 15 is 0 Å². The van der Waals surface area contributed by atoms with E-state index in [9.17, 15) is 4.79 Å². The van der Waals surface area contributed by atoms with Crippen molar-refractivity contribution in [2.45, 2.75) is 6.92 Å². The Bertz CT molecular complexity index is 548. The molecule has 17 heavy (non-hydrogen) atoms. The van der Waals surface area contributed by atoms with Gasteiger partial charge < -0.3 is 0 Å². The number of amides is 1. The number of nitrogens with two attached hydrogens (primary N) is 1. The molecule has 0 saturated carbocycles. The van der Waals surface area contributed by atoms with Crippen LogP contribution in [-0.2, 0) is 0 Å². The molecular weight excluding hydrogens is 242 g/mol. The van der Waals surface area contributed by atoms with E-state index in [0.717, 1.165) is 5.69 Å². The highest BCUT2D eigenvalue weighted by atomic mass is 35.5. The second kappa shape index (κ2) is 4.52. The minimum Gasteiger partial charge on any atom is -0.289 e. The number of nitrogen functional groups attached to an aromatic ring is 1. The highest BCUT2D eigenvalue weighted by molar-refractivity contribution is 6.30. The molecule has 0 fully saturated rings. The summed E-state index contributed by atoms with van der Waals surface area (Å²) in [6, 6.07) is 7.05. The van der Waals surface area contributed by atoms with Crippen LogP contribution in [0.1, 0.15) is 16.2 Å². The lowest BCUT2D eigenvalue weighted by Gasteiger charge is -2.03. The fourth-order valence-corrected chi connectivity index (χ4v) is 1.56. The summed E-state index contributed by atoms with van der Waals surface area (Å²) in [7, 11) is 0. The zero-order chi connectivity index (χ0) is 12.4. The zero-order valence-electron chi connectivity index (χ0n) is 9.01. The van der Waals surface area contributed by atoms with Gasteiger partial charge in [0, 0.05) is 5.02 Å². The van der Waals surface area contributed by atoms with Crippen LogP contribution in [0.25, 0.3) is 5.69 Å². The molecule has 2 aromatic rings. The molecule has 1 aromatic carbocycles. The predicted molar refractivity (Wildman–Crippen MR) is 62.8 cm³/mol. The molecular formula is C10H10ClN5O. The van der Waals surface area contributed by atoms with Crippen molar-refractivity contribution in [1.29, 1.82) is 0 Å². The molecule has 0 unspecified atom stereocenters. The number of hydrogen-bond acceptors (Lipinski definition) is 4. The number of halogens is 1. The molecule has 3 N–H and O–H groups in total. The molecule has 1 heterocycles. The Morgan fingerprint density at radius 1 is 1.41 bits per heavy atom. The molecule has 0 saturated heterocycles. The number of hydrogen-bond donors (Lipinski definition) is 2. The third-order valence-electron chi connectivity index (χ3n) is 2.31. The third kappa shape index (κ3) is 2.13. The smallest absolute Gasteiger partial charge is 0.287 e. The summed E-state index contributed by atoms with van der Waals surface area (Å²) in [6.45, 7) is 1.74. The van der Waals surface area contributed by atoms with E-state index in [2.05, 4.69) is 10.3 Å². The second-order valence-electron chi connectivity index (χ2n) is 3.39. The summed E-state index contributed by atoms with van der Waals surface area (Å²) in [6.07, 6.45) is 0. The van der Waals surface area contributed by atoms with Crippen molar-refractivity contribution in [3.05, 3.63) is 40.7 Å². The summed E-state index contributed by atoms with van der Waals surface area (Å²) in [5.74, 6) is 4.58. The van der Waals surface area contributed by atoms with Gasteiger partial charge in [0.25, 0.3) is 5.91 Å². The van der Waals surface area contributed by atoms with Crippen molar-refractivity contribution < 1.29 is 4.79 Å². The van der Waals surface area contributed by atoms with E-state index in [1.165, 1.54) is 0 Å². The van der Waals surface area contributed by atoms with Crippen LogP contribution < -0.4 is 11.3 Å². The standard InChI is InChI=1S/C10H10ClN5O/c1-6-9(10(17)13-12)14-15-16(6)8-4-2-7(11)3-5-8/h2-5H,12H2,1H3,(H,13,17). The van der Waals surface area contributed by atoms with Crippen LogP contribution in [-0.4, -0.2) is 20.9 Å². The maximum absolute atomic E-state index is 11.4. The van der Waals surface area contributed by atoms with Crippen molar-refractivity contribution in [3.8, 4) is 5.69 Å². The number of hydrazine groups is 1. The van der Waals surface area contributed by atoms with Crippen molar-refractivity contribution in [3.63, 3.8) is 0 Å². The predicted octanol–water partition coefficient (Wildman–Crippen LogP) is 0.833. The number of nitrogens with zero attached hydrogens (tertiary/aromatic N) is 3. The molecule has 1 amide bonds. The van der Waals surface area contributed by atoms with E-state index in [1.54, 1.807) is 35.9 Å². The largest absolute Gasteiger partial charge is 0.289 e. The monoisotopic (exact) mass is 251 g/mol. The van der Waals surface area contributed by atoms with Crippen LogP contribution in [0, 0.1) is 6.92 Å². The Labute approximate surface area is 102 Å². The molecule has 7 heteroatoms. The normalized spacial score (nSPS) is 10.3. The van der Waals surface area contributed by atoms with Gasteiger partial charge >= 0.3 is 0 Å². The number of aromatic nitrogens is 3. The Kier molecular flexibility index (Phi) is 3.08. The van der Waals surface area contributed by atoms with E-state index < -0.39 is 5.91 Å². The molecule has 6 nitrogen and oxygen atoms in total. The lowest BCUT2D eigenvalue weighted by molar-refractivity contribution is 0.0948. The van der Waals surface area contributed by atoms with Crippen LogP contribution in [0.4, 0.5) is 0 Å². The SMILES string of the molecule is Cc1c(C(=O)NN)nnn1-c1ccc(Cl)cc1. The van der Waals surface area contributed by atoms with Gasteiger partial charge in [-0.1, -0.05) is 16.8 Å². The minimum absolute atomic E-state index is 0.197. The molecule has 2 rings (SSSR count). The van der Waals surface area contributed by atoms with Crippen molar-refractivity contribution >= 4 is 17.5 Å². The Morgan fingerprint density at radius 2 is 2.06 bits per heavy atom. The van der Waals surface area contributed by atoms with Gasteiger partial charge in [-0.05, 0) is 31.2 Å². The maximum Gasteiger partial charge on any atom is 0.287 e. The quantitative estimate of drug-likeness (QED) is 0.470. The van der Waals surface area contributed by atoms with Gasteiger partial charge in [-0.2, -0.15) is 0 Å². The highest BCUT2D eigenvalue weighted by Crippen LogP contribution is 2.15. The van der Waals surface area contributed by atoms with Gasteiger partial charge in [0.05, 0.1) is 11.4 Å². The Morgan fingerprint density at radius 3 is 2.65 bits per heavy atom. The summed E-state index contributed by atoms with van der Waals surface area (Å²) in [5.41, 5.74) is 3.60. The number of carbonyl (C=O) groups is 1. The molecule has 0 atom stereocenters. The number of benzene rings is 1. The van der Waals surface area contributed by atoms with Gasteiger partial charge in [0.1, 0.15) is 0 Å². The molecule has 88 valence electrons. The van der Waals surface area contributed by atoms with Gasteiger partial charge in [0.15, 0.2) is 5.69 Å². The van der Waals surface area contributed by atoms with Crippen LogP contribution in [0.5, 0.6) is 0 Å². The minimum atomic E-state index is -0.470. The molecule has 0 spiro atoms. The Hall–Kier alpha value is -1.92. The van der Waals surface area contributed by atoms with Crippen molar-refractivity contribution in [2.24, 2.45) is 5.84 Å². The van der Waals surface area contributed by atoms with E-state index in [1.807, 2.05) is 5.43 Å². The van der Waals surface area contributed by atoms with E-state index in [-0.39, 0.29) is 5.69 Å². The number of rotatable bonds is 2. The average molecular weight is 252 g/mol. The first kappa shape index (κ1) is 11.6. The summed E-state index contributed by atoms with van der Waals surface area (Å²) in [4.78, 5) is 11.4. The van der Waals surface area contributed by atoms with Crippen LogP contribution in [0.2, 0.25) is 5.02 Å². The van der Waals surface area contributed by atoms with Gasteiger partial charge in [-0.25, -0.2) is 10.5 Å². The average Bonchev–Trinajstić information content (AvgIpc) is 2.71. The van der Waals surface area contributed by atoms with E-state index in [0.29, 0.717) is 10.7 Å². The van der Waals surface area contributed by atoms with Crippen molar-refractivity contribution in [1.82, 2.24) is 20.4 Å². The third-order valence-corrected chi connectivity index (χ3v) is 2.56. The van der Waals surface area contributed by atoms with Crippen LogP contribution in [0.15, 0.2) is 24.3 Å². The zero-order valence-corrected chi connectivity index (χ0v) is 9.77. The fraction of sp³-hybridized carbons (Fsp3) is 0.100. The van der Waals surface area contributed by atoms with Gasteiger partial charge in [0.2, 0.25) is 0 Å². The number of carbonyl (C=O) groups excluding carboxylic acids is 1. The van der Waals surface area contributed by atoms with Gasteiger partial charge in [-0.15, -0.1) is 5.10 Å². The Balaban J connectivity index is 2.44. The highest BCUT2D eigenvalue weighted by Gasteiger charge is 2.15. The van der Waals surface area contributed by atoms with Crippen molar-refractivity contribution in [2.75, 3.05) is 0 Å². The molecule has 0 aliphatic carbocycles. The first-order chi connectivity index (χ1) is 8.13. The lowest BCUT2D eigenvalue weighted by Crippen LogP contribution is -2.30. The maximum atomic E-state index is 11.4. The molecule has 0 bridgehead atoms. The topological polar surface area (TPSA) is 85.8 Å². The molecule has 0 aliphatic rings. The summed E-state index contributed by atoms with van der Waals surface area (Å²) >= 11 is 5.79. The number of nitrogens with one attached hydrogen (secondary N) is 1.